The van der Waals surface area contributed by atoms with Crippen LogP contribution in [0.3, 0.4) is 0 Å². The zero-order chi connectivity index (χ0) is 17.0. The molecule has 0 unspecified atom stereocenters. The van der Waals surface area contributed by atoms with Crippen LogP contribution in [-0.2, 0) is 17.5 Å². The van der Waals surface area contributed by atoms with Gasteiger partial charge in [-0.25, -0.2) is 4.79 Å². The van der Waals surface area contributed by atoms with Crippen LogP contribution >= 0.6 is 0 Å². The molecule has 0 aliphatic heterocycles. The van der Waals surface area contributed by atoms with Gasteiger partial charge in [-0.05, 0) is 12.1 Å². The Morgan fingerprint density at radius 3 is 2.52 bits per heavy atom. The number of hydrogen-bond donors (Lipinski definition) is 3. The fraction of sp³-hybridized carbons (Fsp3) is 0.154. The third-order valence-electron chi connectivity index (χ3n) is 2.68. The lowest BCUT2D eigenvalue weighted by Gasteiger charge is -2.13. The molecule has 0 saturated carbocycles. The number of halogens is 3. The lowest BCUT2D eigenvalue weighted by atomic mass is 10.1. The molecule has 3 amide bonds. The summed E-state index contributed by atoms with van der Waals surface area (Å²) in [6.45, 7) is -0.180. The van der Waals surface area contributed by atoms with Crippen LogP contribution in [-0.4, -0.2) is 21.7 Å². The van der Waals surface area contributed by atoms with Crippen LogP contribution in [0.1, 0.15) is 5.56 Å². The molecule has 7 nitrogen and oxygen atoms in total. The monoisotopic (exact) mass is 327 g/mol. The summed E-state index contributed by atoms with van der Waals surface area (Å²) in [6.07, 6.45) is -3.20. The van der Waals surface area contributed by atoms with E-state index in [0.29, 0.717) is 0 Å². The second-order valence-corrected chi connectivity index (χ2v) is 4.49. The van der Waals surface area contributed by atoms with Crippen molar-refractivity contribution in [1.82, 2.24) is 9.78 Å². The number of rotatable bonds is 4. The number of carbonyl (C=O) groups is 2. The second-order valence-electron chi connectivity index (χ2n) is 4.49. The highest BCUT2D eigenvalue weighted by Gasteiger charge is 2.33. The van der Waals surface area contributed by atoms with Crippen molar-refractivity contribution in [3.8, 4) is 0 Å². The van der Waals surface area contributed by atoms with Crippen molar-refractivity contribution in [2.45, 2.75) is 12.7 Å². The number of nitrogens with one attached hydrogen (secondary N) is 2. The molecule has 4 N–H and O–H groups in total. The zero-order valence-corrected chi connectivity index (χ0v) is 11.6. The predicted molar refractivity (Wildman–Crippen MR) is 75.5 cm³/mol. The molecule has 2 rings (SSSR count). The first-order valence-corrected chi connectivity index (χ1v) is 6.31. The van der Waals surface area contributed by atoms with Crippen molar-refractivity contribution in [1.29, 1.82) is 0 Å². The Hall–Kier alpha value is -3.04. The number of aromatic nitrogens is 2. The van der Waals surface area contributed by atoms with Crippen LogP contribution in [0.2, 0.25) is 0 Å². The van der Waals surface area contributed by atoms with Gasteiger partial charge in [0.25, 0.3) is 0 Å². The van der Waals surface area contributed by atoms with Crippen LogP contribution in [0.4, 0.5) is 29.5 Å². The number of carbonyl (C=O) groups excluding carboxylic acids is 2. The summed E-state index contributed by atoms with van der Waals surface area (Å²) in [5.74, 6) is -0.559. The van der Waals surface area contributed by atoms with Crippen molar-refractivity contribution >= 4 is 23.4 Å². The zero-order valence-electron chi connectivity index (χ0n) is 11.6. The number of alkyl halides is 3. The number of nitrogens with zero attached hydrogens (tertiary/aromatic N) is 2. The van der Waals surface area contributed by atoms with Crippen molar-refractivity contribution < 1.29 is 22.8 Å². The highest BCUT2D eigenvalue weighted by molar-refractivity contribution is 5.99. The smallest absolute Gasteiger partial charge is 0.368 e. The van der Waals surface area contributed by atoms with E-state index < -0.39 is 23.7 Å². The molecule has 0 aliphatic rings. The van der Waals surface area contributed by atoms with E-state index in [4.69, 9.17) is 5.73 Å². The Kier molecular flexibility index (Phi) is 4.53. The van der Waals surface area contributed by atoms with Crippen molar-refractivity contribution in [3.63, 3.8) is 0 Å². The van der Waals surface area contributed by atoms with Gasteiger partial charge in [-0.2, -0.15) is 18.3 Å². The molecule has 122 valence electrons. The Morgan fingerprint density at radius 2 is 1.87 bits per heavy atom. The minimum Gasteiger partial charge on any atom is -0.368 e. The number of benzene rings is 1. The first-order chi connectivity index (χ1) is 10.8. The standard InChI is InChI=1S/C13H12F3N5O2/c14-13(15,16)8-3-1-2-4-9(8)18-12(23)19-11-5-6-21(20-11)7-10(17)22/h1-6H,7H2,(H2,17,22)(H2,18,19,20,23). The van der Waals surface area contributed by atoms with Gasteiger partial charge >= 0.3 is 12.2 Å². The number of urea groups is 1. The van der Waals surface area contributed by atoms with Crippen LogP contribution in [0.25, 0.3) is 0 Å². The van der Waals surface area contributed by atoms with Gasteiger partial charge in [0.05, 0.1) is 11.3 Å². The summed E-state index contributed by atoms with van der Waals surface area (Å²) in [7, 11) is 0. The maximum Gasteiger partial charge on any atom is 0.418 e. The maximum absolute atomic E-state index is 12.8. The molecular formula is C13H12F3N5O2. The number of anilines is 2. The second kappa shape index (κ2) is 6.38. The number of para-hydroxylation sites is 1. The summed E-state index contributed by atoms with van der Waals surface area (Å²) >= 11 is 0. The maximum atomic E-state index is 12.8. The van der Waals surface area contributed by atoms with E-state index in [0.717, 1.165) is 12.1 Å². The van der Waals surface area contributed by atoms with E-state index in [9.17, 15) is 22.8 Å². The Bertz CT molecular complexity index is 726. The Labute approximate surface area is 128 Å². The van der Waals surface area contributed by atoms with Gasteiger partial charge in [-0.15, -0.1) is 0 Å². The van der Waals surface area contributed by atoms with E-state index in [1.165, 1.54) is 29.1 Å². The van der Waals surface area contributed by atoms with E-state index in [1.807, 2.05) is 0 Å². The molecule has 10 heteroatoms. The minimum absolute atomic E-state index is 0.0632. The quantitative estimate of drug-likeness (QED) is 0.800. The largest absolute Gasteiger partial charge is 0.418 e. The van der Waals surface area contributed by atoms with E-state index in [2.05, 4.69) is 15.7 Å². The first kappa shape index (κ1) is 16.3. The summed E-state index contributed by atoms with van der Waals surface area (Å²) in [6, 6.07) is 5.05. The minimum atomic E-state index is -4.59. The van der Waals surface area contributed by atoms with Crippen LogP contribution in [0.5, 0.6) is 0 Å². The van der Waals surface area contributed by atoms with Crippen LogP contribution in [0, 0.1) is 0 Å². The fourth-order valence-electron chi connectivity index (χ4n) is 1.79. The number of hydrogen-bond acceptors (Lipinski definition) is 3. The molecule has 0 saturated heterocycles. The summed E-state index contributed by atoms with van der Waals surface area (Å²) < 4.78 is 39.6. The highest BCUT2D eigenvalue weighted by atomic mass is 19.4. The first-order valence-electron chi connectivity index (χ1n) is 6.31. The highest BCUT2D eigenvalue weighted by Crippen LogP contribution is 2.34. The van der Waals surface area contributed by atoms with E-state index in [-0.39, 0.29) is 18.1 Å². The van der Waals surface area contributed by atoms with E-state index in [1.54, 1.807) is 0 Å². The van der Waals surface area contributed by atoms with Crippen LogP contribution < -0.4 is 16.4 Å². The van der Waals surface area contributed by atoms with E-state index >= 15 is 0 Å². The van der Waals surface area contributed by atoms with Gasteiger partial charge in [0.1, 0.15) is 6.54 Å². The molecular weight excluding hydrogens is 315 g/mol. The average Bonchev–Trinajstić information content (AvgIpc) is 2.84. The summed E-state index contributed by atoms with van der Waals surface area (Å²) in [5.41, 5.74) is 3.64. The van der Waals surface area contributed by atoms with Gasteiger partial charge < -0.3 is 11.1 Å². The molecule has 2 aromatic rings. The van der Waals surface area contributed by atoms with Crippen molar-refractivity contribution in [2.24, 2.45) is 5.73 Å². The third-order valence-corrected chi connectivity index (χ3v) is 2.68. The molecule has 0 bridgehead atoms. The molecule has 1 heterocycles. The van der Waals surface area contributed by atoms with Gasteiger partial charge in [-0.3, -0.25) is 14.8 Å². The lowest BCUT2D eigenvalue weighted by molar-refractivity contribution is -0.136. The topological polar surface area (TPSA) is 102 Å². The molecule has 0 atom stereocenters. The molecule has 0 radical (unpaired) electrons. The van der Waals surface area contributed by atoms with Gasteiger partial charge in [0.2, 0.25) is 5.91 Å². The normalized spacial score (nSPS) is 11.1. The van der Waals surface area contributed by atoms with Gasteiger partial charge in [0.15, 0.2) is 5.82 Å². The van der Waals surface area contributed by atoms with Crippen molar-refractivity contribution in [2.75, 3.05) is 10.6 Å². The molecule has 1 aromatic heterocycles. The molecule has 0 spiro atoms. The average molecular weight is 327 g/mol. The number of nitrogens with two attached hydrogens (primary N) is 1. The number of primary amides is 1. The summed E-state index contributed by atoms with van der Waals surface area (Å²) in [4.78, 5) is 22.5. The van der Waals surface area contributed by atoms with Gasteiger partial charge in [-0.1, -0.05) is 12.1 Å². The lowest BCUT2D eigenvalue weighted by Crippen LogP contribution is -2.22. The SMILES string of the molecule is NC(=O)Cn1ccc(NC(=O)Nc2ccccc2C(F)(F)F)n1. The Morgan fingerprint density at radius 1 is 1.17 bits per heavy atom. The fourth-order valence-corrected chi connectivity index (χ4v) is 1.79. The molecule has 0 aliphatic carbocycles. The van der Waals surface area contributed by atoms with Crippen LogP contribution in [0.15, 0.2) is 36.5 Å². The van der Waals surface area contributed by atoms with Gasteiger partial charge in [0, 0.05) is 12.3 Å². The Balaban J connectivity index is 2.06. The molecule has 23 heavy (non-hydrogen) atoms. The summed E-state index contributed by atoms with van der Waals surface area (Å²) in [5, 5.41) is 8.19. The molecule has 0 fully saturated rings. The molecule has 1 aromatic carbocycles. The third kappa shape index (κ3) is 4.46. The number of amides is 3. The van der Waals surface area contributed by atoms with Crippen molar-refractivity contribution in [3.05, 3.63) is 42.1 Å². The predicted octanol–water partition coefficient (Wildman–Crippen LogP) is 2.03.